The summed E-state index contributed by atoms with van der Waals surface area (Å²) in [5.41, 5.74) is 4.48. The topological polar surface area (TPSA) is 56.1 Å². The third-order valence-electron chi connectivity index (χ3n) is 5.04. The zero-order chi connectivity index (χ0) is 18.5. The Morgan fingerprint density at radius 1 is 0.962 bits per heavy atom. The first-order chi connectivity index (χ1) is 12.3. The zero-order valence-electron chi connectivity index (χ0n) is 14.6. The number of hydrogen-bond acceptors (Lipinski definition) is 3. The van der Waals surface area contributed by atoms with E-state index in [9.17, 15) is 13.2 Å². The smallest absolute Gasteiger partial charge is 0.258 e. The van der Waals surface area contributed by atoms with Gasteiger partial charge in [0.25, 0.3) is 5.56 Å². The van der Waals surface area contributed by atoms with E-state index in [2.05, 4.69) is 32.0 Å². The molecule has 1 aliphatic heterocycles. The molecule has 0 amide bonds. The fraction of sp³-hybridized carbons (Fsp3) is 0.190. The lowest BCUT2D eigenvalue weighted by Crippen LogP contribution is -2.25. The molecule has 1 aromatic heterocycles. The van der Waals surface area contributed by atoms with Crippen LogP contribution in [0.25, 0.3) is 21.9 Å². The molecule has 0 saturated carbocycles. The van der Waals surface area contributed by atoms with Crippen molar-refractivity contribution in [1.82, 2.24) is 4.57 Å². The molecule has 0 spiro atoms. The van der Waals surface area contributed by atoms with Gasteiger partial charge < -0.3 is 4.57 Å². The summed E-state index contributed by atoms with van der Waals surface area (Å²) in [6.07, 6.45) is 3.26. The van der Waals surface area contributed by atoms with Crippen molar-refractivity contribution < 1.29 is 8.42 Å². The number of aryl methyl sites for hydroxylation is 2. The van der Waals surface area contributed by atoms with E-state index in [1.807, 2.05) is 24.3 Å². The molecule has 2 heterocycles. The van der Waals surface area contributed by atoms with Crippen molar-refractivity contribution in [3.63, 3.8) is 0 Å². The molecule has 0 radical (unpaired) electrons. The fourth-order valence-electron chi connectivity index (χ4n) is 3.36. The van der Waals surface area contributed by atoms with Gasteiger partial charge in [0.05, 0.1) is 11.8 Å². The average molecular weight is 365 g/mol. The van der Waals surface area contributed by atoms with Crippen LogP contribution in [0.15, 0.2) is 64.9 Å². The molecule has 4 nitrogen and oxygen atoms in total. The number of sulfone groups is 1. The van der Waals surface area contributed by atoms with Crippen LogP contribution in [0.5, 0.6) is 0 Å². The summed E-state index contributed by atoms with van der Waals surface area (Å²) in [4.78, 5) is 12.8. The molecule has 5 heteroatoms. The van der Waals surface area contributed by atoms with Crippen LogP contribution in [-0.2, 0) is 9.84 Å². The highest BCUT2D eigenvalue weighted by Crippen LogP contribution is 2.26. The summed E-state index contributed by atoms with van der Waals surface area (Å²) in [6, 6.07) is 13.5. The molecule has 1 atom stereocenters. The molecule has 0 fully saturated rings. The summed E-state index contributed by atoms with van der Waals surface area (Å²) in [6.45, 7) is 4.17. The molecule has 0 bridgehead atoms. The van der Waals surface area contributed by atoms with Gasteiger partial charge in [-0.1, -0.05) is 24.3 Å². The zero-order valence-corrected chi connectivity index (χ0v) is 15.5. The minimum absolute atomic E-state index is 0.0564. The molecule has 3 aromatic rings. The molecule has 0 N–H and O–H groups in total. The van der Waals surface area contributed by atoms with Gasteiger partial charge in [-0.05, 0) is 65.8 Å². The lowest BCUT2D eigenvalue weighted by atomic mass is 9.98. The highest BCUT2D eigenvalue weighted by molar-refractivity contribution is 7.94. The maximum Gasteiger partial charge on any atom is 0.258 e. The predicted octanol–water partition coefficient (Wildman–Crippen LogP) is 3.77. The largest absolute Gasteiger partial charge is 0.307 e. The number of allylic oxidation sites excluding steroid dienone is 1. The first-order valence-corrected chi connectivity index (χ1v) is 10.2. The third-order valence-corrected chi connectivity index (χ3v) is 6.42. The quantitative estimate of drug-likeness (QED) is 0.695. The second-order valence-electron chi connectivity index (χ2n) is 6.85. The summed E-state index contributed by atoms with van der Waals surface area (Å²) in [7, 11) is -3.20. The van der Waals surface area contributed by atoms with E-state index in [0.29, 0.717) is 5.39 Å². The molecule has 1 aliphatic rings. The summed E-state index contributed by atoms with van der Waals surface area (Å²) in [5, 5.41) is 2.64. The van der Waals surface area contributed by atoms with Crippen molar-refractivity contribution in [3.05, 3.63) is 81.6 Å². The van der Waals surface area contributed by atoms with Gasteiger partial charge in [0.15, 0.2) is 9.84 Å². The van der Waals surface area contributed by atoms with Gasteiger partial charge in [0.1, 0.15) is 0 Å². The molecule has 4 rings (SSSR count). The van der Waals surface area contributed by atoms with Crippen LogP contribution in [0.2, 0.25) is 0 Å². The van der Waals surface area contributed by atoms with Gasteiger partial charge in [-0.15, -0.1) is 0 Å². The molecule has 0 saturated heterocycles. The first kappa shape index (κ1) is 16.8. The van der Waals surface area contributed by atoms with Gasteiger partial charge in [-0.25, -0.2) is 8.42 Å². The predicted molar refractivity (Wildman–Crippen MR) is 105 cm³/mol. The third kappa shape index (κ3) is 2.88. The summed E-state index contributed by atoms with van der Waals surface area (Å²) >= 11 is 0. The van der Waals surface area contributed by atoms with Crippen molar-refractivity contribution in [1.29, 1.82) is 0 Å². The SMILES string of the molecule is Cc1ccc(-c2ccc3c(=O)n(C4C=CS(=O)(=O)C4)ccc3c2)cc1C. The van der Waals surface area contributed by atoms with E-state index in [1.165, 1.54) is 21.1 Å². The van der Waals surface area contributed by atoms with E-state index in [0.717, 1.165) is 16.5 Å². The second kappa shape index (κ2) is 5.95. The van der Waals surface area contributed by atoms with E-state index in [1.54, 1.807) is 12.3 Å². The number of rotatable bonds is 2. The molecule has 2 aromatic carbocycles. The average Bonchev–Trinajstić information content (AvgIpc) is 2.97. The van der Waals surface area contributed by atoms with Crippen LogP contribution in [0.4, 0.5) is 0 Å². The van der Waals surface area contributed by atoms with Crippen LogP contribution in [0, 0.1) is 13.8 Å². The normalized spacial score (nSPS) is 18.5. The highest BCUT2D eigenvalue weighted by atomic mass is 32.2. The molecule has 1 unspecified atom stereocenters. The standard InChI is InChI=1S/C21H19NO3S/c1-14-3-4-16(11-15(14)2)17-5-6-20-18(12-17)7-9-22(21(20)23)19-8-10-26(24,25)13-19/h3-12,19H,13H2,1-2H3. The van der Waals surface area contributed by atoms with Crippen molar-refractivity contribution in [2.45, 2.75) is 19.9 Å². The Morgan fingerprint density at radius 2 is 1.69 bits per heavy atom. The van der Waals surface area contributed by atoms with Crippen LogP contribution < -0.4 is 5.56 Å². The maximum absolute atomic E-state index is 12.8. The minimum atomic E-state index is -3.20. The van der Waals surface area contributed by atoms with Crippen molar-refractivity contribution in [2.75, 3.05) is 5.75 Å². The highest BCUT2D eigenvalue weighted by Gasteiger charge is 2.24. The molecule has 132 valence electrons. The number of pyridine rings is 1. The van der Waals surface area contributed by atoms with Crippen LogP contribution >= 0.6 is 0 Å². The van der Waals surface area contributed by atoms with E-state index < -0.39 is 15.9 Å². The Morgan fingerprint density at radius 3 is 2.38 bits per heavy atom. The van der Waals surface area contributed by atoms with Crippen LogP contribution in [-0.4, -0.2) is 18.7 Å². The van der Waals surface area contributed by atoms with E-state index >= 15 is 0 Å². The maximum atomic E-state index is 12.8. The minimum Gasteiger partial charge on any atom is -0.307 e. The molecular formula is C21H19NO3S. The van der Waals surface area contributed by atoms with Gasteiger partial charge >= 0.3 is 0 Å². The van der Waals surface area contributed by atoms with Gasteiger partial charge in [-0.3, -0.25) is 4.79 Å². The van der Waals surface area contributed by atoms with Crippen LogP contribution in [0.1, 0.15) is 17.2 Å². The Balaban J connectivity index is 1.79. The number of aromatic nitrogens is 1. The number of benzene rings is 2. The molecule has 26 heavy (non-hydrogen) atoms. The van der Waals surface area contributed by atoms with E-state index in [4.69, 9.17) is 0 Å². The number of fused-ring (bicyclic) bond motifs is 1. The number of nitrogens with zero attached hydrogens (tertiary/aromatic N) is 1. The summed E-state index contributed by atoms with van der Waals surface area (Å²) < 4.78 is 24.8. The van der Waals surface area contributed by atoms with Crippen molar-refractivity contribution in [3.8, 4) is 11.1 Å². The van der Waals surface area contributed by atoms with Gasteiger partial charge in [-0.2, -0.15) is 0 Å². The monoisotopic (exact) mass is 365 g/mol. The van der Waals surface area contributed by atoms with Gasteiger partial charge in [0.2, 0.25) is 0 Å². The lowest BCUT2D eigenvalue weighted by molar-refractivity contribution is 0.589. The fourth-order valence-corrected chi connectivity index (χ4v) is 4.64. The lowest BCUT2D eigenvalue weighted by Gasteiger charge is -2.13. The van der Waals surface area contributed by atoms with Crippen molar-refractivity contribution >= 4 is 20.6 Å². The number of hydrogen-bond donors (Lipinski definition) is 0. The Hall–Kier alpha value is -2.66. The molecular weight excluding hydrogens is 346 g/mol. The first-order valence-electron chi connectivity index (χ1n) is 8.47. The Kier molecular flexibility index (Phi) is 3.84. The van der Waals surface area contributed by atoms with Crippen LogP contribution in [0.3, 0.4) is 0 Å². The Labute approximate surface area is 152 Å². The summed E-state index contributed by atoms with van der Waals surface area (Å²) in [5.74, 6) is -0.0564. The Bertz CT molecular complexity index is 1220. The van der Waals surface area contributed by atoms with Gasteiger partial charge in [0, 0.05) is 17.0 Å². The van der Waals surface area contributed by atoms with E-state index in [-0.39, 0.29) is 11.3 Å². The van der Waals surface area contributed by atoms with Crippen molar-refractivity contribution in [2.24, 2.45) is 0 Å². The second-order valence-corrected chi connectivity index (χ2v) is 8.79. The molecule has 0 aliphatic carbocycles.